The van der Waals surface area contributed by atoms with Crippen molar-refractivity contribution in [3.8, 4) is 0 Å². The number of amides is 1. The number of hydrogen-bond acceptors (Lipinski definition) is 1. The molecule has 1 amide bonds. The zero-order valence-corrected chi connectivity index (χ0v) is 12.1. The van der Waals surface area contributed by atoms with Crippen molar-refractivity contribution in [2.45, 2.75) is 19.3 Å². The molecule has 3 rings (SSSR count). The van der Waals surface area contributed by atoms with Gasteiger partial charge in [0, 0.05) is 19.0 Å². The summed E-state index contributed by atoms with van der Waals surface area (Å²) in [5, 5.41) is 0. The van der Waals surface area contributed by atoms with Crippen molar-refractivity contribution < 1.29 is 9.18 Å². The van der Waals surface area contributed by atoms with E-state index in [0.29, 0.717) is 24.6 Å². The van der Waals surface area contributed by atoms with E-state index in [1.807, 2.05) is 18.2 Å². The molecule has 2 aromatic carbocycles. The van der Waals surface area contributed by atoms with E-state index in [1.165, 1.54) is 5.56 Å². The largest absolute Gasteiger partial charge is 0.338 e. The minimum atomic E-state index is -0.398. The molecule has 0 aliphatic carbocycles. The van der Waals surface area contributed by atoms with Gasteiger partial charge in [0.2, 0.25) is 0 Å². The van der Waals surface area contributed by atoms with Crippen molar-refractivity contribution in [2.75, 3.05) is 13.1 Å². The van der Waals surface area contributed by atoms with Crippen molar-refractivity contribution in [1.82, 2.24) is 4.90 Å². The van der Waals surface area contributed by atoms with Crippen molar-refractivity contribution in [2.24, 2.45) is 0 Å². The fourth-order valence-electron chi connectivity index (χ4n) is 2.92. The van der Waals surface area contributed by atoms with Crippen LogP contribution in [0.1, 0.15) is 33.8 Å². The number of aryl methyl sites for hydroxylation is 1. The van der Waals surface area contributed by atoms with Crippen molar-refractivity contribution in [3.63, 3.8) is 0 Å². The Morgan fingerprint density at radius 1 is 1.14 bits per heavy atom. The minimum absolute atomic E-state index is 0.184. The Bertz CT molecular complexity index is 654. The van der Waals surface area contributed by atoms with Crippen molar-refractivity contribution in [1.29, 1.82) is 0 Å². The van der Waals surface area contributed by atoms with Crippen LogP contribution in [0.4, 0.5) is 4.39 Å². The van der Waals surface area contributed by atoms with Gasteiger partial charge in [0.25, 0.3) is 5.91 Å². The van der Waals surface area contributed by atoms with Gasteiger partial charge in [-0.3, -0.25) is 4.79 Å². The lowest BCUT2D eigenvalue weighted by atomic mass is 9.99. The lowest BCUT2D eigenvalue weighted by Gasteiger charge is -2.17. The Morgan fingerprint density at radius 3 is 2.67 bits per heavy atom. The van der Waals surface area contributed by atoms with Gasteiger partial charge in [-0.25, -0.2) is 4.39 Å². The van der Waals surface area contributed by atoms with Crippen LogP contribution >= 0.6 is 0 Å². The molecule has 2 nitrogen and oxygen atoms in total. The van der Waals surface area contributed by atoms with Crippen LogP contribution in [0.15, 0.2) is 48.5 Å². The maximum Gasteiger partial charge on any atom is 0.256 e. The molecule has 0 aromatic heterocycles. The number of benzene rings is 2. The predicted molar refractivity (Wildman–Crippen MR) is 80.8 cm³/mol. The lowest BCUT2D eigenvalue weighted by Crippen LogP contribution is -2.29. The Kier molecular flexibility index (Phi) is 3.74. The quantitative estimate of drug-likeness (QED) is 0.821. The second-order valence-electron chi connectivity index (χ2n) is 5.58. The van der Waals surface area contributed by atoms with Crippen molar-refractivity contribution in [3.05, 3.63) is 71.0 Å². The fraction of sp³-hybridized carbons (Fsp3) is 0.278. The van der Waals surface area contributed by atoms with Gasteiger partial charge in [-0.05, 0) is 30.5 Å². The summed E-state index contributed by atoms with van der Waals surface area (Å²) in [7, 11) is 0. The molecule has 0 spiro atoms. The number of nitrogens with zero attached hydrogens (tertiary/aromatic N) is 1. The first kappa shape index (κ1) is 13.8. The molecule has 21 heavy (non-hydrogen) atoms. The Balaban J connectivity index is 1.77. The highest BCUT2D eigenvalue weighted by Crippen LogP contribution is 2.28. The topological polar surface area (TPSA) is 20.3 Å². The normalized spacial score (nSPS) is 18.0. The van der Waals surface area contributed by atoms with Crippen LogP contribution in [0.3, 0.4) is 0 Å². The summed E-state index contributed by atoms with van der Waals surface area (Å²) in [6, 6.07) is 15.2. The van der Waals surface area contributed by atoms with Crippen molar-refractivity contribution >= 4 is 5.91 Å². The highest BCUT2D eigenvalue weighted by Gasteiger charge is 2.29. The molecule has 108 valence electrons. The summed E-state index contributed by atoms with van der Waals surface area (Å²) >= 11 is 0. The zero-order chi connectivity index (χ0) is 14.8. The van der Waals surface area contributed by atoms with Gasteiger partial charge < -0.3 is 4.90 Å². The van der Waals surface area contributed by atoms with E-state index in [0.717, 1.165) is 6.42 Å². The average Bonchev–Trinajstić information content (AvgIpc) is 3.00. The number of hydrogen-bond donors (Lipinski definition) is 0. The summed E-state index contributed by atoms with van der Waals surface area (Å²) in [6.45, 7) is 3.03. The molecule has 1 fully saturated rings. The van der Waals surface area contributed by atoms with Gasteiger partial charge >= 0.3 is 0 Å². The summed E-state index contributed by atoms with van der Waals surface area (Å²) < 4.78 is 14.1. The second kappa shape index (κ2) is 5.68. The molecule has 0 N–H and O–H groups in total. The Labute approximate surface area is 124 Å². The van der Waals surface area contributed by atoms with E-state index in [1.54, 1.807) is 30.0 Å². The lowest BCUT2D eigenvalue weighted by molar-refractivity contribution is 0.0786. The van der Waals surface area contributed by atoms with Gasteiger partial charge in [0.05, 0.1) is 5.56 Å². The summed E-state index contributed by atoms with van der Waals surface area (Å²) in [5.41, 5.74) is 1.95. The third-order valence-corrected chi connectivity index (χ3v) is 4.17. The number of likely N-dealkylation sites (tertiary alicyclic amines) is 1. The molecule has 1 heterocycles. The van der Waals surface area contributed by atoms with Crippen LogP contribution in [-0.4, -0.2) is 23.9 Å². The summed E-state index contributed by atoms with van der Waals surface area (Å²) in [5.74, 6) is -0.247. The molecule has 0 saturated carbocycles. The average molecular weight is 283 g/mol. The minimum Gasteiger partial charge on any atom is -0.338 e. The van der Waals surface area contributed by atoms with Gasteiger partial charge in [-0.15, -0.1) is 0 Å². The number of halogens is 1. The number of rotatable bonds is 2. The van der Waals surface area contributed by atoms with Gasteiger partial charge in [-0.2, -0.15) is 0 Å². The Morgan fingerprint density at radius 2 is 1.90 bits per heavy atom. The molecule has 1 aliphatic rings. The van der Waals surface area contributed by atoms with E-state index in [2.05, 4.69) is 12.1 Å². The number of carbonyl (C=O) groups excluding carboxylic acids is 1. The van der Waals surface area contributed by atoms with E-state index in [9.17, 15) is 9.18 Å². The highest BCUT2D eigenvalue weighted by atomic mass is 19.1. The molecule has 1 unspecified atom stereocenters. The van der Waals surface area contributed by atoms with E-state index >= 15 is 0 Å². The monoisotopic (exact) mass is 283 g/mol. The summed E-state index contributed by atoms with van der Waals surface area (Å²) in [4.78, 5) is 14.2. The molecule has 1 aliphatic heterocycles. The second-order valence-corrected chi connectivity index (χ2v) is 5.58. The maximum atomic E-state index is 14.1. The van der Waals surface area contributed by atoms with Gasteiger partial charge in [-0.1, -0.05) is 42.5 Å². The highest BCUT2D eigenvalue weighted by molar-refractivity contribution is 5.95. The van der Waals surface area contributed by atoms with Crippen LogP contribution in [0, 0.1) is 12.7 Å². The molecular formula is C18H18FNO. The maximum absolute atomic E-state index is 14.1. The molecule has 1 atom stereocenters. The first-order valence-corrected chi connectivity index (χ1v) is 7.26. The van der Waals surface area contributed by atoms with E-state index < -0.39 is 5.82 Å². The molecular weight excluding hydrogens is 265 g/mol. The standard InChI is InChI=1S/C18H18FNO/c1-13-6-5-9-16(17(13)19)18(21)20-11-10-15(12-20)14-7-3-2-4-8-14/h2-9,15H,10-12H2,1H3. The molecule has 3 heteroatoms. The van der Waals surface area contributed by atoms with Crippen LogP contribution < -0.4 is 0 Å². The molecule has 0 bridgehead atoms. The third kappa shape index (κ3) is 2.68. The smallest absolute Gasteiger partial charge is 0.256 e. The molecule has 0 radical (unpaired) electrons. The Hall–Kier alpha value is -2.16. The third-order valence-electron chi connectivity index (χ3n) is 4.17. The predicted octanol–water partition coefficient (Wildman–Crippen LogP) is 3.76. The first-order valence-electron chi connectivity index (χ1n) is 7.26. The van der Waals surface area contributed by atoms with E-state index in [4.69, 9.17) is 0 Å². The van der Waals surface area contributed by atoms with Crippen LogP contribution in [0.2, 0.25) is 0 Å². The van der Waals surface area contributed by atoms with Crippen LogP contribution in [0.25, 0.3) is 0 Å². The number of carbonyl (C=O) groups is 1. The van der Waals surface area contributed by atoms with Crippen LogP contribution in [-0.2, 0) is 0 Å². The first-order chi connectivity index (χ1) is 10.2. The summed E-state index contributed by atoms with van der Waals surface area (Å²) in [6.07, 6.45) is 0.934. The fourth-order valence-corrected chi connectivity index (χ4v) is 2.92. The molecule has 1 saturated heterocycles. The molecule has 2 aromatic rings. The SMILES string of the molecule is Cc1cccc(C(=O)N2CCC(c3ccccc3)C2)c1F. The van der Waals surface area contributed by atoms with Gasteiger partial charge in [0.15, 0.2) is 0 Å². The van der Waals surface area contributed by atoms with Crippen LogP contribution in [0.5, 0.6) is 0 Å². The van der Waals surface area contributed by atoms with Gasteiger partial charge in [0.1, 0.15) is 5.82 Å². The van der Waals surface area contributed by atoms with E-state index in [-0.39, 0.29) is 11.5 Å². The zero-order valence-electron chi connectivity index (χ0n) is 12.1.